The molecule has 18 nitrogen and oxygen atoms in total. The summed E-state index contributed by atoms with van der Waals surface area (Å²) < 4.78 is 375. The third-order valence-electron chi connectivity index (χ3n) is 22.6. The lowest BCUT2D eigenvalue weighted by Crippen LogP contribution is -2.63. The van der Waals surface area contributed by atoms with Crippen LogP contribution in [0.3, 0.4) is 0 Å². The molecule has 132 heavy (non-hydrogen) atoms. The zero-order valence-electron chi connectivity index (χ0n) is 85.4. The van der Waals surface area contributed by atoms with E-state index in [1.807, 2.05) is 67.7 Å². The molecule has 802 valence electrons. The van der Waals surface area contributed by atoms with Crippen molar-refractivity contribution >= 4 is 169 Å². The molecule has 0 aromatic rings. The highest BCUT2D eigenvalue weighted by molar-refractivity contribution is 7.54. The number of ether oxygens (including phenoxy) is 4. The second-order valence-corrected chi connectivity index (χ2v) is 136. The van der Waals surface area contributed by atoms with Gasteiger partial charge < -0.3 is 73.7 Å². The van der Waals surface area contributed by atoms with Crippen molar-refractivity contribution < 1.29 is 175 Å². The van der Waals surface area contributed by atoms with Crippen molar-refractivity contribution in [3.8, 4) is 0 Å². The van der Waals surface area contributed by atoms with E-state index in [0.29, 0.717) is 18.1 Å². The lowest BCUT2D eigenvalue weighted by atomic mass is 10.2. The van der Waals surface area contributed by atoms with Crippen molar-refractivity contribution in [2.45, 2.75) is 383 Å². The van der Waals surface area contributed by atoms with Crippen LogP contribution in [-0.4, -0.2) is 300 Å². The molecule has 12 unspecified atom stereocenters. The summed E-state index contributed by atoms with van der Waals surface area (Å²) in [6.45, 7) is 51.1. The van der Waals surface area contributed by atoms with Gasteiger partial charge in [0.1, 0.15) is 13.2 Å². The highest BCUT2D eigenvalue weighted by atomic mass is 29.6. The van der Waals surface area contributed by atoms with Crippen LogP contribution in [0, 0.1) is 0 Å². The number of hydrogen-bond donors (Lipinski definition) is 0. The molecule has 0 radical (unpaired) electrons. The molecule has 0 rings (SSSR count). The predicted molar refractivity (Wildman–Crippen MR) is 536 cm³/mol. The van der Waals surface area contributed by atoms with Crippen molar-refractivity contribution in [3.63, 3.8) is 0 Å². The van der Waals surface area contributed by atoms with Crippen LogP contribution < -0.4 is 0 Å². The maximum atomic E-state index is 14.6. The van der Waals surface area contributed by atoms with Crippen LogP contribution >= 0.6 is 0 Å². The quantitative estimate of drug-likeness (QED) is 0.0320. The largest absolute Gasteiger partial charge is 0.469 e. The standard InChI is InChI=1S/C26H50F16O8Si6.C24H64O5Si7.C20H56O5Si7.C2H2F4.F2/c1-43-52(5)54(14-13-53(49-51(3)4)50-55(6,7)15-9-11-45-17-20(28,47-19-27)23(32,33)34)56(8,44-2)16-10-12-46-18-21(29,24(35,36)37)48-26(41,42)22(30,31)25(38,39)40;1-14-17-21-33(9,10)28-36(27-30(6)7,29-34(11,12)22-18-15-2)24-20-32(31(8)25-4)35(13,26-5)23-19-16-3;1-13-15-18-30(10,11)25-32(23-26(5)6,24-27(7)8)20-17-29(28(9)21-3)31(12,22-4)19-16-14-2;3-1-2(4,5)6;1-2/h51-54H,9-19H2,1-8H3;30-32H,14-24H2,1-13H3;26-29H,13-20H2,1-12H3;1H2;. The van der Waals surface area contributed by atoms with Crippen LogP contribution in [0.5, 0.6) is 0 Å². The summed E-state index contributed by atoms with van der Waals surface area (Å²) in [7, 11) is -26.5. The van der Waals surface area contributed by atoms with Gasteiger partial charge in [0.05, 0.1) is 23.5 Å². The van der Waals surface area contributed by atoms with Crippen LogP contribution in [-0.2, 0) is 78.4 Å². The van der Waals surface area contributed by atoms with Gasteiger partial charge in [-0.1, -0.05) is 137 Å². The smallest absolute Gasteiger partial charge is 0.442 e. The van der Waals surface area contributed by atoms with Gasteiger partial charge in [0.15, 0.2) is 132 Å². The third-order valence-corrected chi connectivity index (χ3v) is 149. The van der Waals surface area contributed by atoms with Crippen LogP contribution in [0.2, 0.25) is 223 Å². The average Bonchev–Trinajstić information content (AvgIpc) is 0.751. The molecule has 60 heteroatoms. The minimum atomic E-state index is -7.18. The predicted octanol–water partition coefficient (Wildman–Crippen LogP) is 23.1. The maximum Gasteiger partial charge on any atom is 0.469 e. The minimum Gasteiger partial charge on any atom is -0.442 e. The zero-order chi connectivity index (χ0) is 104. The maximum absolute atomic E-state index is 14.6. The molecule has 0 aliphatic rings. The number of alkyl halides is 20. The summed E-state index contributed by atoms with van der Waals surface area (Å²) in [6, 6.07) is 12.0. The van der Waals surface area contributed by atoms with E-state index in [1.54, 1.807) is 0 Å². The monoisotopic (exact) mass is 2300 g/mol. The van der Waals surface area contributed by atoms with E-state index >= 15 is 0 Å². The Kier molecular flexibility index (Phi) is 72.4. The lowest BCUT2D eigenvalue weighted by molar-refractivity contribution is -0.486. The van der Waals surface area contributed by atoms with Crippen molar-refractivity contribution in [2.24, 2.45) is 0 Å². The van der Waals surface area contributed by atoms with Crippen molar-refractivity contribution in [3.05, 3.63) is 0 Å². The normalized spacial score (nSPS) is 17.4. The van der Waals surface area contributed by atoms with Crippen molar-refractivity contribution in [2.75, 3.05) is 82.6 Å². The molecule has 0 N–H and O–H groups in total. The second kappa shape index (κ2) is 67.0. The van der Waals surface area contributed by atoms with Gasteiger partial charge in [-0.2, -0.15) is 79.0 Å². The second-order valence-electron chi connectivity index (χ2n) is 37.8. The molecule has 0 saturated heterocycles. The first kappa shape index (κ1) is 143. The number of unbranched alkanes of at least 4 members (excludes halogenated alkanes) is 5. The molecule has 0 amide bonds. The van der Waals surface area contributed by atoms with Gasteiger partial charge in [-0.15, -0.1) is 0 Å². The first-order chi connectivity index (χ1) is 60.1. The Bertz CT molecular complexity index is 2890. The van der Waals surface area contributed by atoms with E-state index in [4.69, 9.17) is 73.4 Å². The SMILES string of the molecule is CCCC[Si](C)(C)O[Si](CC[SiH]([SiH](C)OC)[Si](C)(CCCC)OC)(O[SiH](C)C)O[SiH](C)C.CCCC[Si](C)(C)O[Si](CC[SiH]([SiH](C)OC)[Si](C)(CCCC)OC)(O[SiH](C)C)O[Si](C)(C)CCCC.CO[SiH](C)[SiH](CC[SiH](O[SiH](C)C)O[Si](C)(C)CCCOCC(F)(OCF)C(F)(F)F)[Si](C)(CCCOCC(F)(OC(F)(F)C(F)(F)C(F)(F)F)C(F)(F)F)OC.FCC(F)(F)F.FF. The first-order valence-electron chi connectivity index (χ1n) is 46.0. The summed E-state index contributed by atoms with van der Waals surface area (Å²) in [5, 5.41) is 0. The topological polar surface area (TPSA) is 166 Å². The van der Waals surface area contributed by atoms with Gasteiger partial charge in [0.2, 0.25) is 0 Å². The molecule has 0 fully saturated rings. The Morgan fingerprint density at radius 1 is 0.318 bits per heavy atom. The van der Waals surface area contributed by atoms with Crippen LogP contribution in [0.15, 0.2) is 0 Å². The van der Waals surface area contributed by atoms with E-state index in [9.17, 15) is 87.8 Å². The molecule has 12 atom stereocenters. The van der Waals surface area contributed by atoms with E-state index in [2.05, 4.69) is 154 Å². The molecular weight excluding hydrogens is 2130 g/mol. The zero-order valence-corrected chi connectivity index (χ0v) is 107. The molecule has 0 aromatic carbocycles. The number of rotatable bonds is 69. The van der Waals surface area contributed by atoms with Crippen molar-refractivity contribution in [1.29, 1.82) is 0 Å². The van der Waals surface area contributed by atoms with Gasteiger partial charge in [0.25, 0.3) is 9.28 Å². The van der Waals surface area contributed by atoms with Crippen LogP contribution in [0.4, 0.5) is 97.0 Å². The van der Waals surface area contributed by atoms with E-state index in [1.165, 1.54) is 121 Å². The van der Waals surface area contributed by atoms with Crippen molar-refractivity contribution in [1.82, 2.24) is 0 Å². The molecule has 0 aromatic heterocycles. The molecular formula is C72H172F22O18Si20. The van der Waals surface area contributed by atoms with Crippen LogP contribution in [0.1, 0.15) is 112 Å². The summed E-state index contributed by atoms with van der Waals surface area (Å²) in [5.41, 5.74) is 0. The summed E-state index contributed by atoms with van der Waals surface area (Å²) in [5.74, 6) is -17.2. The highest BCUT2D eigenvalue weighted by Gasteiger charge is 2.78. The summed E-state index contributed by atoms with van der Waals surface area (Å²) in [6.07, 6.45) is -18.3. The van der Waals surface area contributed by atoms with Gasteiger partial charge in [-0.3, -0.25) is 4.74 Å². The van der Waals surface area contributed by atoms with Gasteiger partial charge in [-0.25, -0.2) is 8.78 Å². The molecule has 0 aliphatic carbocycles. The van der Waals surface area contributed by atoms with Gasteiger partial charge in [0, 0.05) is 77.1 Å². The number of hydrogen-bond acceptors (Lipinski definition) is 18. The molecule has 0 saturated carbocycles. The Morgan fingerprint density at radius 2 is 0.606 bits per heavy atom. The van der Waals surface area contributed by atoms with E-state index < -0.39 is 251 Å². The Morgan fingerprint density at radius 3 is 0.894 bits per heavy atom. The van der Waals surface area contributed by atoms with E-state index in [-0.39, 0.29) is 25.5 Å². The molecule has 0 bridgehead atoms. The third kappa shape index (κ3) is 56.7. The molecule has 0 aliphatic heterocycles. The Balaban J connectivity index is -0.000000612. The molecule has 0 heterocycles. The fourth-order valence-electron chi connectivity index (χ4n) is 15.0. The lowest BCUT2D eigenvalue weighted by Gasteiger charge is -2.44. The fraction of sp³-hybridized carbons (Fsp3) is 1.00. The highest BCUT2D eigenvalue weighted by Crippen LogP contribution is 2.52. The first-order valence-corrected chi connectivity index (χ1v) is 104. The van der Waals surface area contributed by atoms with E-state index in [0.717, 1.165) is 12.1 Å². The molecule has 0 spiro atoms. The minimum absolute atomic E-state index is 0.158. The van der Waals surface area contributed by atoms with Gasteiger partial charge in [-0.05, 0) is 186 Å². The summed E-state index contributed by atoms with van der Waals surface area (Å²) >= 11 is 0. The average molecular weight is 2310 g/mol. The summed E-state index contributed by atoms with van der Waals surface area (Å²) in [4.78, 5) is 0. The van der Waals surface area contributed by atoms with Gasteiger partial charge >= 0.3 is 66.1 Å². The fourth-order valence-corrected chi connectivity index (χ4v) is 151. The number of halogens is 22. The Hall–Kier alpha value is 2.08. The Labute approximate surface area is 804 Å². The van der Waals surface area contributed by atoms with Crippen LogP contribution in [0.25, 0.3) is 0 Å².